The molecule has 1 unspecified atom stereocenters. The number of amides is 2. The summed E-state index contributed by atoms with van der Waals surface area (Å²) >= 11 is 0. The Bertz CT molecular complexity index is 1000. The van der Waals surface area contributed by atoms with E-state index in [1.165, 1.54) is 5.56 Å². The van der Waals surface area contributed by atoms with E-state index in [0.29, 0.717) is 13.1 Å². The van der Waals surface area contributed by atoms with Gasteiger partial charge in [0.2, 0.25) is 0 Å². The summed E-state index contributed by atoms with van der Waals surface area (Å²) in [5.41, 5.74) is 3.01. The smallest absolute Gasteiger partial charge is 0.321 e. The number of carbonyl (C=O) groups is 1. The maximum Gasteiger partial charge on any atom is 0.321 e. The van der Waals surface area contributed by atoms with Crippen LogP contribution in [0.5, 0.6) is 5.75 Å². The van der Waals surface area contributed by atoms with Gasteiger partial charge < -0.3 is 15.0 Å². The Morgan fingerprint density at radius 3 is 2.62 bits per heavy atom. The number of benzene rings is 2. The lowest BCUT2D eigenvalue weighted by molar-refractivity contribution is 0.196. The van der Waals surface area contributed by atoms with Crippen molar-refractivity contribution in [3.05, 3.63) is 66.4 Å². The Kier molecular flexibility index (Phi) is 5.14. The molecular weight excluding hydrogens is 362 g/mol. The van der Waals surface area contributed by atoms with Crippen molar-refractivity contribution in [2.45, 2.75) is 38.7 Å². The second-order valence-corrected chi connectivity index (χ2v) is 8.56. The minimum absolute atomic E-state index is 0.0309. The fraction of sp³-hybridized carbons (Fsp3) is 0.333. The molecule has 2 amide bonds. The molecule has 1 saturated heterocycles. The normalized spacial score (nSPS) is 16.8. The SMILES string of the molecule is CC(C)(C)c1ccc(NC(=O)N2CCC(Oc3cccc4cccnc34)C2)cc1. The zero-order valence-electron chi connectivity index (χ0n) is 17.2. The van der Waals surface area contributed by atoms with Crippen LogP contribution in [0.1, 0.15) is 32.8 Å². The van der Waals surface area contributed by atoms with Crippen molar-refractivity contribution in [2.24, 2.45) is 0 Å². The van der Waals surface area contributed by atoms with Crippen molar-refractivity contribution in [3.8, 4) is 5.75 Å². The first-order valence-corrected chi connectivity index (χ1v) is 10.1. The van der Waals surface area contributed by atoms with Crippen LogP contribution in [0.3, 0.4) is 0 Å². The highest BCUT2D eigenvalue weighted by atomic mass is 16.5. The number of anilines is 1. The quantitative estimate of drug-likeness (QED) is 0.668. The number of nitrogens with zero attached hydrogens (tertiary/aromatic N) is 2. The summed E-state index contributed by atoms with van der Waals surface area (Å²) in [4.78, 5) is 18.9. The molecule has 150 valence electrons. The summed E-state index contributed by atoms with van der Waals surface area (Å²) in [5.74, 6) is 0.771. The van der Waals surface area contributed by atoms with Gasteiger partial charge in [-0.05, 0) is 35.2 Å². The molecule has 0 saturated carbocycles. The Hall–Kier alpha value is -3.08. The average molecular weight is 389 g/mol. The van der Waals surface area contributed by atoms with Crippen LogP contribution in [-0.2, 0) is 5.41 Å². The molecule has 1 atom stereocenters. The summed E-state index contributed by atoms with van der Waals surface area (Å²) in [6.45, 7) is 7.77. The molecule has 0 aliphatic carbocycles. The molecule has 1 aliphatic heterocycles. The van der Waals surface area contributed by atoms with Crippen molar-refractivity contribution in [2.75, 3.05) is 18.4 Å². The third kappa shape index (κ3) is 4.34. The molecule has 1 N–H and O–H groups in total. The Morgan fingerprint density at radius 1 is 1.10 bits per heavy atom. The fourth-order valence-electron chi connectivity index (χ4n) is 3.62. The van der Waals surface area contributed by atoms with Gasteiger partial charge in [0.15, 0.2) is 0 Å². The second-order valence-electron chi connectivity index (χ2n) is 8.56. The van der Waals surface area contributed by atoms with E-state index < -0.39 is 0 Å². The fourth-order valence-corrected chi connectivity index (χ4v) is 3.62. The van der Waals surface area contributed by atoms with E-state index in [9.17, 15) is 4.79 Å². The number of para-hydroxylation sites is 1. The molecule has 2 heterocycles. The summed E-state index contributed by atoms with van der Waals surface area (Å²) in [6.07, 6.45) is 2.55. The molecule has 1 aliphatic rings. The highest BCUT2D eigenvalue weighted by Gasteiger charge is 2.28. The van der Waals surface area contributed by atoms with Crippen LogP contribution >= 0.6 is 0 Å². The molecule has 2 aromatic carbocycles. The predicted octanol–water partition coefficient (Wildman–Crippen LogP) is 5.22. The number of carbonyl (C=O) groups excluding carboxylic acids is 1. The van der Waals surface area contributed by atoms with Crippen LogP contribution in [0.15, 0.2) is 60.8 Å². The van der Waals surface area contributed by atoms with Gasteiger partial charge in [-0.25, -0.2) is 4.79 Å². The minimum Gasteiger partial charge on any atom is -0.486 e. The van der Waals surface area contributed by atoms with Crippen LogP contribution in [0.2, 0.25) is 0 Å². The monoisotopic (exact) mass is 389 g/mol. The first kappa shape index (κ1) is 19.2. The van der Waals surface area contributed by atoms with Crippen molar-refractivity contribution in [3.63, 3.8) is 0 Å². The molecule has 1 fully saturated rings. The number of hydrogen-bond acceptors (Lipinski definition) is 3. The van der Waals surface area contributed by atoms with E-state index in [0.717, 1.165) is 28.8 Å². The van der Waals surface area contributed by atoms with Crippen molar-refractivity contribution < 1.29 is 9.53 Å². The van der Waals surface area contributed by atoms with Gasteiger partial charge >= 0.3 is 6.03 Å². The van der Waals surface area contributed by atoms with Crippen LogP contribution in [0.25, 0.3) is 10.9 Å². The first-order valence-electron chi connectivity index (χ1n) is 10.1. The summed E-state index contributed by atoms with van der Waals surface area (Å²) in [6, 6.07) is 17.8. The predicted molar refractivity (Wildman–Crippen MR) is 117 cm³/mol. The number of ether oxygens (including phenoxy) is 1. The molecular formula is C24H27N3O2. The lowest BCUT2D eigenvalue weighted by Crippen LogP contribution is -2.34. The van der Waals surface area contributed by atoms with Crippen molar-refractivity contribution in [1.82, 2.24) is 9.88 Å². The van der Waals surface area contributed by atoms with Crippen LogP contribution < -0.4 is 10.1 Å². The molecule has 29 heavy (non-hydrogen) atoms. The molecule has 0 bridgehead atoms. The Labute approximate surface area is 171 Å². The van der Waals surface area contributed by atoms with Gasteiger partial charge in [0.25, 0.3) is 0 Å². The number of rotatable bonds is 3. The topological polar surface area (TPSA) is 54.5 Å². The number of likely N-dealkylation sites (tertiary alicyclic amines) is 1. The maximum atomic E-state index is 12.7. The Morgan fingerprint density at radius 2 is 1.86 bits per heavy atom. The molecule has 1 aromatic heterocycles. The van der Waals surface area contributed by atoms with Gasteiger partial charge in [0.05, 0.1) is 6.54 Å². The number of aromatic nitrogens is 1. The van der Waals surface area contributed by atoms with Gasteiger partial charge in [-0.15, -0.1) is 0 Å². The summed E-state index contributed by atoms with van der Waals surface area (Å²) < 4.78 is 6.19. The van der Waals surface area contributed by atoms with Gasteiger partial charge in [0, 0.05) is 30.2 Å². The second kappa shape index (κ2) is 7.74. The van der Waals surface area contributed by atoms with E-state index in [2.05, 4.69) is 43.2 Å². The molecule has 5 heteroatoms. The maximum absolute atomic E-state index is 12.7. The lowest BCUT2D eigenvalue weighted by Gasteiger charge is -2.20. The van der Waals surface area contributed by atoms with Gasteiger partial charge in [-0.2, -0.15) is 0 Å². The lowest BCUT2D eigenvalue weighted by atomic mass is 9.87. The number of urea groups is 1. The van der Waals surface area contributed by atoms with Gasteiger partial charge in [-0.1, -0.05) is 51.1 Å². The third-order valence-corrected chi connectivity index (χ3v) is 5.32. The zero-order chi connectivity index (χ0) is 20.4. The number of fused-ring (bicyclic) bond motifs is 1. The van der Waals surface area contributed by atoms with Crippen LogP contribution in [0.4, 0.5) is 10.5 Å². The molecule has 0 spiro atoms. The van der Waals surface area contributed by atoms with E-state index in [-0.39, 0.29) is 17.6 Å². The largest absolute Gasteiger partial charge is 0.486 e. The molecule has 4 rings (SSSR count). The first-order chi connectivity index (χ1) is 13.9. The Balaban J connectivity index is 1.37. The average Bonchev–Trinajstić information content (AvgIpc) is 3.17. The highest BCUT2D eigenvalue weighted by molar-refractivity contribution is 5.89. The van der Waals surface area contributed by atoms with E-state index in [1.54, 1.807) is 11.1 Å². The number of pyridine rings is 1. The van der Waals surface area contributed by atoms with Crippen LogP contribution in [-0.4, -0.2) is 35.1 Å². The number of hydrogen-bond donors (Lipinski definition) is 1. The zero-order valence-corrected chi connectivity index (χ0v) is 17.2. The van der Waals surface area contributed by atoms with Gasteiger partial charge in [-0.3, -0.25) is 4.98 Å². The summed E-state index contributed by atoms with van der Waals surface area (Å²) in [5, 5.41) is 4.05. The van der Waals surface area contributed by atoms with Crippen LogP contribution in [0, 0.1) is 0 Å². The molecule has 5 nitrogen and oxygen atoms in total. The van der Waals surface area contributed by atoms with Gasteiger partial charge in [0.1, 0.15) is 17.4 Å². The van der Waals surface area contributed by atoms with Crippen molar-refractivity contribution >= 4 is 22.6 Å². The minimum atomic E-state index is -0.0874. The highest BCUT2D eigenvalue weighted by Crippen LogP contribution is 2.27. The van der Waals surface area contributed by atoms with E-state index in [4.69, 9.17) is 4.74 Å². The molecule has 0 radical (unpaired) electrons. The van der Waals surface area contributed by atoms with E-state index in [1.807, 2.05) is 42.5 Å². The summed E-state index contributed by atoms with van der Waals surface area (Å²) in [7, 11) is 0. The third-order valence-electron chi connectivity index (χ3n) is 5.32. The van der Waals surface area contributed by atoms with Crippen molar-refractivity contribution in [1.29, 1.82) is 0 Å². The number of nitrogens with one attached hydrogen (secondary N) is 1. The van der Waals surface area contributed by atoms with E-state index >= 15 is 0 Å². The standard InChI is InChI=1S/C24H27N3O2/c1-24(2,3)18-9-11-19(12-10-18)26-23(28)27-15-13-20(16-27)29-21-8-4-6-17-7-5-14-25-22(17)21/h4-12,14,20H,13,15-16H2,1-3H3,(H,26,28). The molecule has 3 aromatic rings.